The topological polar surface area (TPSA) is 29.5 Å². The fourth-order valence-corrected chi connectivity index (χ4v) is 1.55. The third kappa shape index (κ3) is 1.94. The van der Waals surface area contributed by atoms with Crippen molar-refractivity contribution in [2.75, 3.05) is 0 Å². The number of ether oxygens (including phenoxy) is 1. The maximum atomic E-state index is 9.43. The van der Waals surface area contributed by atoms with Crippen molar-refractivity contribution in [2.24, 2.45) is 11.8 Å². The van der Waals surface area contributed by atoms with E-state index in [0.717, 1.165) is 12.8 Å². The Morgan fingerprint density at radius 3 is 2.55 bits per heavy atom. The fourth-order valence-electron chi connectivity index (χ4n) is 1.55. The van der Waals surface area contributed by atoms with Crippen molar-refractivity contribution in [1.29, 1.82) is 0 Å². The molecule has 1 unspecified atom stereocenters. The van der Waals surface area contributed by atoms with E-state index in [4.69, 9.17) is 4.74 Å². The zero-order valence-electron chi connectivity index (χ0n) is 7.58. The minimum absolute atomic E-state index is 0.274. The molecule has 0 radical (unpaired) electrons. The molecule has 0 saturated carbocycles. The van der Waals surface area contributed by atoms with Crippen LogP contribution in [0.15, 0.2) is 0 Å². The van der Waals surface area contributed by atoms with Crippen molar-refractivity contribution in [3.05, 3.63) is 0 Å². The second-order valence-corrected chi connectivity index (χ2v) is 3.63. The Kier molecular flexibility index (Phi) is 2.90. The van der Waals surface area contributed by atoms with Crippen molar-refractivity contribution in [1.82, 2.24) is 0 Å². The summed E-state index contributed by atoms with van der Waals surface area (Å²) in [6.07, 6.45) is 1.84. The molecule has 1 aliphatic rings. The Hall–Kier alpha value is -0.0800. The van der Waals surface area contributed by atoms with Gasteiger partial charge in [0.05, 0.1) is 6.10 Å². The van der Waals surface area contributed by atoms with Gasteiger partial charge in [0.2, 0.25) is 0 Å². The van der Waals surface area contributed by atoms with Gasteiger partial charge in [0.15, 0.2) is 6.29 Å². The summed E-state index contributed by atoms with van der Waals surface area (Å²) in [5.74, 6) is 0.876. The zero-order valence-corrected chi connectivity index (χ0v) is 7.58. The Bertz CT molecular complexity index is 113. The maximum Gasteiger partial charge on any atom is 0.157 e. The highest BCUT2D eigenvalue weighted by Crippen LogP contribution is 2.29. The zero-order chi connectivity index (χ0) is 8.43. The molecule has 2 heteroatoms. The van der Waals surface area contributed by atoms with Crippen LogP contribution >= 0.6 is 0 Å². The first kappa shape index (κ1) is 9.01. The molecule has 4 atom stereocenters. The predicted octanol–water partition coefficient (Wildman–Crippen LogP) is 1.78. The molecular formula is C9H18O2. The van der Waals surface area contributed by atoms with Crippen molar-refractivity contribution >= 4 is 0 Å². The summed E-state index contributed by atoms with van der Waals surface area (Å²) >= 11 is 0. The highest BCUT2D eigenvalue weighted by atomic mass is 16.6. The Morgan fingerprint density at radius 1 is 1.45 bits per heavy atom. The molecule has 1 saturated heterocycles. The van der Waals surface area contributed by atoms with E-state index < -0.39 is 6.29 Å². The lowest BCUT2D eigenvalue weighted by Gasteiger charge is -2.35. The average Bonchev–Trinajstić information content (AvgIpc) is 1.99. The second-order valence-electron chi connectivity index (χ2n) is 3.63. The lowest BCUT2D eigenvalue weighted by Crippen LogP contribution is -2.38. The molecule has 0 aromatic heterocycles. The Balaban J connectivity index is 2.47. The van der Waals surface area contributed by atoms with Crippen LogP contribution in [0.5, 0.6) is 0 Å². The molecule has 0 aliphatic carbocycles. The first-order chi connectivity index (χ1) is 5.15. The monoisotopic (exact) mass is 158 g/mol. The summed E-state index contributed by atoms with van der Waals surface area (Å²) in [4.78, 5) is 0. The van der Waals surface area contributed by atoms with E-state index in [0.29, 0.717) is 5.92 Å². The largest absolute Gasteiger partial charge is 0.368 e. The van der Waals surface area contributed by atoms with E-state index in [-0.39, 0.29) is 12.0 Å². The van der Waals surface area contributed by atoms with Gasteiger partial charge in [-0.3, -0.25) is 0 Å². The summed E-state index contributed by atoms with van der Waals surface area (Å²) in [7, 11) is 0. The van der Waals surface area contributed by atoms with E-state index in [1.165, 1.54) is 0 Å². The van der Waals surface area contributed by atoms with Gasteiger partial charge in [-0.25, -0.2) is 0 Å². The minimum atomic E-state index is -0.538. The molecule has 1 rings (SSSR count). The Labute approximate surface area is 68.6 Å². The highest BCUT2D eigenvalue weighted by molar-refractivity contribution is 4.74. The number of aliphatic hydroxyl groups is 1. The van der Waals surface area contributed by atoms with E-state index in [2.05, 4.69) is 13.8 Å². The van der Waals surface area contributed by atoms with Crippen molar-refractivity contribution in [2.45, 2.75) is 46.0 Å². The number of aliphatic hydroxyl groups excluding tert-OH is 1. The lowest BCUT2D eigenvalue weighted by molar-refractivity contribution is -0.204. The third-order valence-corrected chi connectivity index (χ3v) is 2.77. The van der Waals surface area contributed by atoms with E-state index >= 15 is 0 Å². The molecule has 1 N–H and O–H groups in total. The van der Waals surface area contributed by atoms with Crippen LogP contribution in [0.4, 0.5) is 0 Å². The van der Waals surface area contributed by atoms with E-state index in [1.807, 2.05) is 6.92 Å². The van der Waals surface area contributed by atoms with Crippen LogP contribution in [0.1, 0.15) is 33.6 Å². The lowest BCUT2D eigenvalue weighted by atomic mass is 9.87. The van der Waals surface area contributed by atoms with Crippen LogP contribution in [0.25, 0.3) is 0 Å². The van der Waals surface area contributed by atoms with Crippen LogP contribution in [0.3, 0.4) is 0 Å². The van der Waals surface area contributed by atoms with Crippen molar-refractivity contribution < 1.29 is 9.84 Å². The normalized spacial score (nSPS) is 45.8. The summed E-state index contributed by atoms with van der Waals surface area (Å²) in [6.45, 7) is 6.32. The van der Waals surface area contributed by atoms with Gasteiger partial charge in [0.1, 0.15) is 0 Å². The first-order valence-corrected chi connectivity index (χ1v) is 4.48. The third-order valence-electron chi connectivity index (χ3n) is 2.77. The van der Waals surface area contributed by atoms with Gasteiger partial charge >= 0.3 is 0 Å². The number of hydrogen-bond acceptors (Lipinski definition) is 2. The highest BCUT2D eigenvalue weighted by Gasteiger charge is 2.30. The van der Waals surface area contributed by atoms with Gasteiger partial charge in [-0.15, -0.1) is 0 Å². The molecule has 11 heavy (non-hydrogen) atoms. The molecule has 1 heterocycles. The van der Waals surface area contributed by atoms with Gasteiger partial charge in [-0.2, -0.15) is 0 Å². The summed E-state index contributed by atoms with van der Waals surface area (Å²) in [5.41, 5.74) is 0. The van der Waals surface area contributed by atoms with Crippen molar-refractivity contribution in [3.8, 4) is 0 Å². The average molecular weight is 158 g/mol. The van der Waals surface area contributed by atoms with E-state index in [9.17, 15) is 5.11 Å². The maximum absolute atomic E-state index is 9.43. The van der Waals surface area contributed by atoms with Crippen LogP contribution < -0.4 is 0 Å². The van der Waals surface area contributed by atoms with Crippen molar-refractivity contribution in [3.63, 3.8) is 0 Å². The first-order valence-electron chi connectivity index (χ1n) is 4.48. The molecule has 0 spiro atoms. The molecule has 0 aromatic carbocycles. The number of rotatable bonds is 1. The summed E-state index contributed by atoms with van der Waals surface area (Å²) in [5, 5.41) is 9.43. The van der Waals surface area contributed by atoms with Gasteiger partial charge in [-0.05, 0) is 18.8 Å². The molecule has 0 bridgehead atoms. The summed E-state index contributed by atoms with van der Waals surface area (Å²) in [6, 6.07) is 0. The SMILES string of the molecule is CC[C@@H]1C[C@H](C)[C@@H](C)C(O)O1. The molecule has 1 aliphatic heterocycles. The predicted molar refractivity (Wildman–Crippen MR) is 44.1 cm³/mol. The minimum Gasteiger partial charge on any atom is -0.368 e. The van der Waals surface area contributed by atoms with Gasteiger partial charge in [-0.1, -0.05) is 20.8 Å². The van der Waals surface area contributed by atoms with Gasteiger partial charge in [0, 0.05) is 5.92 Å². The molecule has 0 amide bonds. The van der Waals surface area contributed by atoms with Crippen LogP contribution in [0, 0.1) is 11.8 Å². The number of hydrogen-bond donors (Lipinski definition) is 1. The molecule has 0 aromatic rings. The van der Waals surface area contributed by atoms with E-state index in [1.54, 1.807) is 0 Å². The van der Waals surface area contributed by atoms with Crippen LogP contribution in [-0.2, 0) is 4.74 Å². The molecule has 66 valence electrons. The second kappa shape index (κ2) is 3.55. The van der Waals surface area contributed by atoms with Crippen LogP contribution in [-0.4, -0.2) is 17.5 Å². The molecule has 2 nitrogen and oxygen atoms in total. The van der Waals surface area contributed by atoms with Crippen LogP contribution in [0.2, 0.25) is 0 Å². The fraction of sp³-hybridized carbons (Fsp3) is 1.00. The smallest absolute Gasteiger partial charge is 0.157 e. The molecular weight excluding hydrogens is 140 g/mol. The quantitative estimate of drug-likeness (QED) is 0.630. The summed E-state index contributed by atoms with van der Waals surface area (Å²) < 4.78 is 5.37. The molecule has 1 fully saturated rings. The van der Waals surface area contributed by atoms with Gasteiger partial charge < -0.3 is 9.84 Å². The van der Waals surface area contributed by atoms with Gasteiger partial charge in [0.25, 0.3) is 0 Å². The Morgan fingerprint density at radius 2 is 2.09 bits per heavy atom. The standard InChI is InChI=1S/C9H18O2/c1-4-8-5-6(2)7(3)9(10)11-8/h6-10H,4-5H2,1-3H3/t6-,7+,8+,9?/m0/s1.